The molecule has 3 rings (SSSR count). The van der Waals surface area contributed by atoms with Crippen LogP contribution in [-0.4, -0.2) is 25.1 Å². The van der Waals surface area contributed by atoms with Crippen molar-refractivity contribution in [2.45, 2.75) is 13.3 Å². The molecule has 1 N–H and O–H groups in total. The summed E-state index contributed by atoms with van der Waals surface area (Å²) in [6, 6.07) is 13.7. The molecule has 0 unspecified atom stereocenters. The molecular weight excluding hydrogens is 372 g/mol. The van der Waals surface area contributed by atoms with Crippen LogP contribution in [0.15, 0.2) is 53.9 Å². The molecule has 0 fully saturated rings. The number of aromatic nitrogens is 1. The number of hydrogen-bond donors (Lipinski definition) is 1. The standard InChI is InChI=1S/C22H22N2O3S/c1-4-15-5-7-16(8-6-15)19-14-28-22(23-19)24-21(25)12-9-17-13-18(26-2)10-11-20(17)27-3/h5-14H,4H2,1-3H3,(H,23,24,25)/b12-9+. The molecule has 0 radical (unpaired) electrons. The minimum absolute atomic E-state index is 0.257. The number of methoxy groups -OCH3 is 2. The largest absolute Gasteiger partial charge is 0.497 e. The molecule has 0 spiro atoms. The summed E-state index contributed by atoms with van der Waals surface area (Å²) in [4.78, 5) is 16.8. The predicted molar refractivity (Wildman–Crippen MR) is 114 cm³/mol. The number of carbonyl (C=O) groups is 1. The predicted octanol–water partition coefficient (Wildman–Crippen LogP) is 5.04. The molecule has 6 heteroatoms. The fourth-order valence-corrected chi connectivity index (χ4v) is 3.38. The number of carbonyl (C=O) groups excluding carboxylic acids is 1. The highest BCUT2D eigenvalue weighted by Crippen LogP contribution is 2.26. The molecule has 144 valence electrons. The first-order valence-corrected chi connectivity index (χ1v) is 9.76. The number of anilines is 1. The van der Waals surface area contributed by atoms with Crippen LogP contribution in [0.4, 0.5) is 5.13 Å². The van der Waals surface area contributed by atoms with Gasteiger partial charge in [0.1, 0.15) is 11.5 Å². The lowest BCUT2D eigenvalue weighted by atomic mass is 10.1. The van der Waals surface area contributed by atoms with E-state index in [1.165, 1.54) is 23.0 Å². The Morgan fingerprint density at radius 2 is 1.93 bits per heavy atom. The second-order valence-corrected chi connectivity index (χ2v) is 6.88. The van der Waals surface area contributed by atoms with Crippen LogP contribution in [0.2, 0.25) is 0 Å². The SMILES string of the molecule is CCc1ccc(-c2csc(NC(=O)/C=C/c3cc(OC)ccc3OC)n2)cc1. The number of aryl methyl sites for hydroxylation is 1. The van der Waals surface area contributed by atoms with Crippen molar-refractivity contribution in [2.75, 3.05) is 19.5 Å². The number of benzene rings is 2. The van der Waals surface area contributed by atoms with Gasteiger partial charge in [0.2, 0.25) is 5.91 Å². The second kappa shape index (κ2) is 9.19. The van der Waals surface area contributed by atoms with Gasteiger partial charge in [-0.15, -0.1) is 11.3 Å². The average molecular weight is 394 g/mol. The van der Waals surface area contributed by atoms with Crippen molar-refractivity contribution in [3.05, 3.63) is 65.0 Å². The van der Waals surface area contributed by atoms with Crippen LogP contribution in [0.25, 0.3) is 17.3 Å². The van der Waals surface area contributed by atoms with Crippen LogP contribution in [0.3, 0.4) is 0 Å². The lowest BCUT2D eigenvalue weighted by Crippen LogP contribution is -2.07. The van der Waals surface area contributed by atoms with Gasteiger partial charge in [-0.1, -0.05) is 31.2 Å². The molecule has 3 aromatic rings. The molecule has 1 aromatic heterocycles. The highest BCUT2D eigenvalue weighted by atomic mass is 32.1. The van der Waals surface area contributed by atoms with Gasteiger partial charge in [-0.3, -0.25) is 10.1 Å². The van der Waals surface area contributed by atoms with Crippen molar-refractivity contribution in [1.29, 1.82) is 0 Å². The molecule has 0 aliphatic rings. The lowest BCUT2D eigenvalue weighted by Gasteiger charge is -2.07. The summed E-state index contributed by atoms with van der Waals surface area (Å²) in [7, 11) is 3.18. The van der Waals surface area contributed by atoms with Gasteiger partial charge < -0.3 is 9.47 Å². The van der Waals surface area contributed by atoms with Crippen molar-refractivity contribution in [2.24, 2.45) is 0 Å². The van der Waals surface area contributed by atoms with Gasteiger partial charge in [0, 0.05) is 22.6 Å². The van der Waals surface area contributed by atoms with Crippen LogP contribution in [0, 0.1) is 0 Å². The van der Waals surface area contributed by atoms with E-state index in [0.29, 0.717) is 16.6 Å². The molecule has 28 heavy (non-hydrogen) atoms. The quantitative estimate of drug-likeness (QED) is 0.570. The first kappa shape index (κ1) is 19.6. The second-order valence-electron chi connectivity index (χ2n) is 6.02. The zero-order valence-electron chi connectivity index (χ0n) is 16.1. The molecule has 1 amide bonds. The Balaban J connectivity index is 1.68. The number of nitrogens with zero attached hydrogens (tertiary/aromatic N) is 1. The minimum Gasteiger partial charge on any atom is -0.497 e. The highest BCUT2D eigenvalue weighted by Gasteiger charge is 2.07. The van der Waals surface area contributed by atoms with E-state index >= 15 is 0 Å². The number of hydrogen-bond acceptors (Lipinski definition) is 5. The molecule has 5 nitrogen and oxygen atoms in total. The van der Waals surface area contributed by atoms with E-state index in [4.69, 9.17) is 9.47 Å². The Morgan fingerprint density at radius 1 is 1.14 bits per heavy atom. The van der Waals surface area contributed by atoms with Crippen molar-refractivity contribution in [1.82, 2.24) is 4.98 Å². The van der Waals surface area contributed by atoms with Gasteiger partial charge in [0.25, 0.3) is 0 Å². The average Bonchev–Trinajstić information content (AvgIpc) is 3.20. The molecule has 0 aliphatic carbocycles. The van der Waals surface area contributed by atoms with Gasteiger partial charge in [-0.2, -0.15) is 0 Å². The molecule has 0 atom stereocenters. The van der Waals surface area contributed by atoms with Crippen molar-refractivity contribution in [3.8, 4) is 22.8 Å². The van der Waals surface area contributed by atoms with Crippen molar-refractivity contribution >= 4 is 28.5 Å². The van der Waals surface area contributed by atoms with E-state index in [0.717, 1.165) is 23.2 Å². The Bertz CT molecular complexity index is 978. The molecule has 0 saturated carbocycles. The molecule has 1 heterocycles. The third-order valence-electron chi connectivity index (χ3n) is 4.24. The Morgan fingerprint density at radius 3 is 2.61 bits per heavy atom. The summed E-state index contributed by atoms with van der Waals surface area (Å²) >= 11 is 1.40. The fourth-order valence-electron chi connectivity index (χ4n) is 2.66. The summed E-state index contributed by atoms with van der Waals surface area (Å²) in [5.41, 5.74) is 3.92. The summed E-state index contributed by atoms with van der Waals surface area (Å²) < 4.78 is 10.5. The summed E-state index contributed by atoms with van der Waals surface area (Å²) in [5, 5.41) is 5.29. The zero-order chi connectivity index (χ0) is 19.9. The number of nitrogens with one attached hydrogen (secondary N) is 1. The third kappa shape index (κ3) is 4.78. The fraction of sp³-hybridized carbons (Fsp3) is 0.182. The monoisotopic (exact) mass is 394 g/mol. The van der Waals surface area contributed by atoms with Gasteiger partial charge in [0.15, 0.2) is 5.13 Å². The van der Waals surface area contributed by atoms with E-state index in [-0.39, 0.29) is 5.91 Å². The Kier molecular flexibility index (Phi) is 6.45. The van der Waals surface area contributed by atoms with E-state index in [1.807, 2.05) is 11.4 Å². The molecule has 0 bridgehead atoms. The number of ether oxygens (including phenoxy) is 2. The lowest BCUT2D eigenvalue weighted by molar-refractivity contribution is -0.111. The maximum absolute atomic E-state index is 12.3. The van der Waals surface area contributed by atoms with Gasteiger partial charge in [-0.25, -0.2) is 4.98 Å². The van der Waals surface area contributed by atoms with E-state index < -0.39 is 0 Å². The van der Waals surface area contributed by atoms with Crippen LogP contribution in [0.5, 0.6) is 11.5 Å². The minimum atomic E-state index is -0.257. The van der Waals surface area contributed by atoms with Gasteiger partial charge in [-0.05, 0) is 36.3 Å². The van der Waals surface area contributed by atoms with E-state index in [2.05, 4.69) is 41.5 Å². The zero-order valence-corrected chi connectivity index (χ0v) is 16.9. The van der Waals surface area contributed by atoms with Crippen molar-refractivity contribution in [3.63, 3.8) is 0 Å². The van der Waals surface area contributed by atoms with Crippen LogP contribution in [-0.2, 0) is 11.2 Å². The van der Waals surface area contributed by atoms with Crippen LogP contribution >= 0.6 is 11.3 Å². The number of rotatable bonds is 7. The third-order valence-corrected chi connectivity index (χ3v) is 5.00. The maximum atomic E-state index is 12.3. The first-order valence-electron chi connectivity index (χ1n) is 8.89. The summed E-state index contributed by atoms with van der Waals surface area (Å²) in [5.74, 6) is 1.10. The number of amides is 1. The Labute approximate surface area is 168 Å². The molecule has 0 saturated heterocycles. The number of thiazole rings is 1. The highest BCUT2D eigenvalue weighted by molar-refractivity contribution is 7.14. The first-order chi connectivity index (χ1) is 13.6. The van der Waals surface area contributed by atoms with E-state index in [9.17, 15) is 4.79 Å². The summed E-state index contributed by atoms with van der Waals surface area (Å²) in [6.07, 6.45) is 4.14. The smallest absolute Gasteiger partial charge is 0.250 e. The Hall–Kier alpha value is -3.12. The van der Waals surface area contributed by atoms with Gasteiger partial charge in [0.05, 0.1) is 19.9 Å². The normalized spacial score (nSPS) is 10.8. The van der Waals surface area contributed by atoms with Crippen LogP contribution in [0.1, 0.15) is 18.1 Å². The molecule has 0 aliphatic heterocycles. The maximum Gasteiger partial charge on any atom is 0.250 e. The van der Waals surface area contributed by atoms with E-state index in [1.54, 1.807) is 32.4 Å². The van der Waals surface area contributed by atoms with Crippen molar-refractivity contribution < 1.29 is 14.3 Å². The van der Waals surface area contributed by atoms with Gasteiger partial charge >= 0.3 is 0 Å². The molecule has 2 aromatic carbocycles. The van der Waals surface area contributed by atoms with Crippen LogP contribution < -0.4 is 14.8 Å². The molecular formula is C22H22N2O3S. The topological polar surface area (TPSA) is 60.5 Å². The summed E-state index contributed by atoms with van der Waals surface area (Å²) in [6.45, 7) is 2.13.